The van der Waals surface area contributed by atoms with Crippen LogP contribution in [-0.4, -0.2) is 54.6 Å². The zero-order valence-electron chi connectivity index (χ0n) is 15.6. The number of halogens is 3. The molecule has 160 valence electrons. The first-order valence-corrected chi connectivity index (χ1v) is 12.4. The lowest BCUT2D eigenvalue weighted by Crippen LogP contribution is -2.38. The second-order valence-electron chi connectivity index (χ2n) is 6.67. The zero-order valence-corrected chi connectivity index (χ0v) is 18.1. The summed E-state index contributed by atoms with van der Waals surface area (Å²) in [6.07, 6.45) is -4.43. The van der Waals surface area contributed by atoms with Crippen molar-refractivity contribution in [2.24, 2.45) is 0 Å². The van der Waals surface area contributed by atoms with Crippen LogP contribution in [0.4, 0.5) is 13.2 Å². The van der Waals surface area contributed by atoms with E-state index in [2.05, 4.69) is 4.98 Å². The maximum atomic E-state index is 13.5. The molecule has 6 nitrogen and oxygen atoms in total. The molecule has 12 heteroatoms. The molecule has 1 aliphatic heterocycles. The first-order chi connectivity index (χ1) is 14.0. The van der Waals surface area contributed by atoms with Crippen molar-refractivity contribution in [1.29, 1.82) is 5.26 Å². The highest BCUT2D eigenvalue weighted by Crippen LogP contribution is 2.38. The van der Waals surface area contributed by atoms with Gasteiger partial charge in [0.2, 0.25) is 5.91 Å². The van der Waals surface area contributed by atoms with E-state index < -0.39 is 39.1 Å². The van der Waals surface area contributed by atoms with Gasteiger partial charge in [0, 0.05) is 13.1 Å². The van der Waals surface area contributed by atoms with Crippen molar-refractivity contribution in [2.75, 3.05) is 24.3 Å². The molecule has 0 saturated carbocycles. The molecule has 1 saturated heterocycles. The van der Waals surface area contributed by atoms with Crippen LogP contribution in [0.15, 0.2) is 28.6 Å². The van der Waals surface area contributed by atoms with Crippen LogP contribution in [0.25, 0.3) is 10.6 Å². The topological polar surface area (TPSA) is 91.1 Å². The first kappa shape index (κ1) is 22.6. The molecular formula is C18H16F3N3O3S3. The summed E-state index contributed by atoms with van der Waals surface area (Å²) >= 11 is 1.95. The highest BCUT2D eigenvalue weighted by molar-refractivity contribution is 8.00. The monoisotopic (exact) mass is 475 g/mol. The van der Waals surface area contributed by atoms with E-state index in [0.29, 0.717) is 11.3 Å². The van der Waals surface area contributed by atoms with E-state index in [1.807, 2.05) is 0 Å². The number of carbonyl (C=O) groups excluding carboxylic acids is 1. The van der Waals surface area contributed by atoms with Gasteiger partial charge in [-0.3, -0.25) is 4.79 Å². The number of aromatic nitrogens is 1. The van der Waals surface area contributed by atoms with Crippen LogP contribution in [0, 0.1) is 11.3 Å². The van der Waals surface area contributed by atoms with Crippen LogP contribution in [0.5, 0.6) is 0 Å². The minimum Gasteiger partial charge on any atom is -0.341 e. The Hall–Kier alpha value is -2.10. The third kappa shape index (κ3) is 4.96. The Morgan fingerprint density at radius 1 is 1.47 bits per heavy atom. The van der Waals surface area contributed by atoms with Gasteiger partial charge in [-0.25, -0.2) is 13.4 Å². The maximum absolute atomic E-state index is 13.5. The Balaban J connectivity index is 1.87. The molecule has 1 atom stereocenters. The van der Waals surface area contributed by atoms with Crippen LogP contribution in [0.1, 0.15) is 17.5 Å². The summed E-state index contributed by atoms with van der Waals surface area (Å²) in [6.45, 7) is 0. The molecule has 0 aliphatic carbocycles. The fraction of sp³-hybridized carbons (Fsp3) is 0.389. The Bertz CT molecular complexity index is 1090. The molecule has 30 heavy (non-hydrogen) atoms. The van der Waals surface area contributed by atoms with Gasteiger partial charge in [-0.05, 0) is 23.9 Å². The van der Waals surface area contributed by atoms with Crippen molar-refractivity contribution in [2.45, 2.75) is 23.7 Å². The minimum absolute atomic E-state index is 0.000364. The molecule has 3 heterocycles. The fourth-order valence-electron chi connectivity index (χ4n) is 3.02. The third-order valence-electron chi connectivity index (χ3n) is 4.66. The molecule has 1 fully saturated rings. The summed E-state index contributed by atoms with van der Waals surface area (Å²) < 4.78 is 63.8. The number of sulfone groups is 1. The van der Waals surface area contributed by atoms with Crippen molar-refractivity contribution < 1.29 is 26.4 Å². The number of carbonyl (C=O) groups is 1. The summed E-state index contributed by atoms with van der Waals surface area (Å²) in [5.41, 5.74) is -1.66. The summed E-state index contributed by atoms with van der Waals surface area (Å²) in [6, 6.07) is 5.23. The highest BCUT2D eigenvalue weighted by atomic mass is 32.2. The second-order valence-corrected chi connectivity index (χ2v) is 10.8. The second kappa shape index (κ2) is 8.56. The van der Waals surface area contributed by atoms with Crippen molar-refractivity contribution in [3.8, 4) is 16.6 Å². The molecular weight excluding hydrogens is 459 g/mol. The molecule has 2 aromatic rings. The average Bonchev–Trinajstić information content (AvgIpc) is 3.33. The number of hydrogen-bond acceptors (Lipinski definition) is 7. The first-order valence-electron chi connectivity index (χ1n) is 8.67. The summed E-state index contributed by atoms with van der Waals surface area (Å²) in [5, 5.41) is 10.8. The number of thioether (sulfide) groups is 1. The minimum atomic E-state index is -4.76. The molecule has 0 bridgehead atoms. The number of hydrogen-bond donors (Lipinski definition) is 0. The molecule has 1 aliphatic rings. The van der Waals surface area contributed by atoms with Crippen molar-refractivity contribution in [1.82, 2.24) is 9.88 Å². The molecule has 0 N–H and O–H groups in total. The Morgan fingerprint density at radius 3 is 2.73 bits per heavy atom. The molecule has 0 unspecified atom stereocenters. The van der Waals surface area contributed by atoms with Crippen molar-refractivity contribution in [3.63, 3.8) is 0 Å². The molecule has 1 amide bonds. The van der Waals surface area contributed by atoms with E-state index in [1.54, 1.807) is 23.6 Å². The van der Waals surface area contributed by atoms with Crippen LogP contribution >= 0.6 is 23.1 Å². The molecule has 0 spiro atoms. The average molecular weight is 476 g/mol. The smallest absolute Gasteiger partial charge is 0.341 e. The van der Waals surface area contributed by atoms with Gasteiger partial charge >= 0.3 is 6.18 Å². The fourth-order valence-corrected chi connectivity index (χ4v) is 6.41. The van der Waals surface area contributed by atoms with Gasteiger partial charge in [0.1, 0.15) is 11.1 Å². The van der Waals surface area contributed by atoms with Gasteiger partial charge in [0.25, 0.3) is 0 Å². The van der Waals surface area contributed by atoms with E-state index in [4.69, 9.17) is 0 Å². The SMILES string of the molecule is CN(C(=O)CSc1nc(-c2cccs2)cc(C(F)(F)F)c1C#N)[C@H]1CCS(=O)(=O)C1. The highest BCUT2D eigenvalue weighted by Gasteiger charge is 2.37. The number of nitrogens with zero attached hydrogens (tertiary/aromatic N) is 3. The number of rotatable bonds is 5. The van der Waals surface area contributed by atoms with E-state index in [-0.39, 0.29) is 28.0 Å². The standard InChI is InChI=1S/C18H16F3N3O3S3/c1-24(11-4-6-30(26,27)10-11)16(25)9-29-17-12(8-22)13(18(19,20)21)7-14(23-17)15-3-2-5-28-15/h2-3,5,7,11H,4,6,9-10H2,1H3/t11-/m0/s1. The lowest BCUT2D eigenvalue weighted by Gasteiger charge is -2.23. The largest absolute Gasteiger partial charge is 0.417 e. The normalized spacial score (nSPS) is 18.2. The lowest BCUT2D eigenvalue weighted by atomic mass is 10.1. The van der Waals surface area contributed by atoms with Gasteiger partial charge in [-0.1, -0.05) is 17.8 Å². The van der Waals surface area contributed by atoms with E-state index in [0.717, 1.165) is 17.8 Å². The third-order valence-corrected chi connectivity index (χ3v) is 8.26. The van der Waals surface area contributed by atoms with Crippen LogP contribution in [0.2, 0.25) is 0 Å². The van der Waals surface area contributed by atoms with Crippen molar-refractivity contribution in [3.05, 3.63) is 34.7 Å². The van der Waals surface area contributed by atoms with Gasteiger partial charge < -0.3 is 4.90 Å². The van der Waals surface area contributed by atoms with Gasteiger partial charge in [0.15, 0.2) is 9.84 Å². The zero-order chi connectivity index (χ0) is 22.1. The predicted molar refractivity (Wildman–Crippen MR) is 108 cm³/mol. The van der Waals surface area contributed by atoms with E-state index >= 15 is 0 Å². The molecule has 0 aromatic carbocycles. The van der Waals surface area contributed by atoms with Crippen LogP contribution in [0.3, 0.4) is 0 Å². The van der Waals surface area contributed by atoms with Crippen molar-refractivity contribution >= 4 is 38.8 Å². The van der Waals surface area contributed by atoms with Gasteiger partial charge in [-0.2, -0.15) is 18.4 Å². The Labute approximate surface area is 179 Å². The number of alkyl halides is 3. The molecule has 0 radical (unpaired) electrons. The molecule has 3 rings (SSSR count). The maximum Gasteiger partial charge on any atom is 0.417 e. The van der Waals surface area contributed by atoms with E-state index in [9.17, 15) is 31.6 Å². The molecule has 2 aromatic heterocycles. The van der Waals surface area contributed by atoms with Gasteiger partial charge in [0.05, 0.1) is 39.0 Å². The summed E-state index contributed by atoms with van der Waals surface area (Å²) in [7, 11) is -1.72. The lowest BCUT2D eigenvalue weighted by molar-refractivity contribution is -0.138. The number of thiophene rings is 1. The quantitative estimate of drug-likeness (QED) is 0.616. The number of amides is 1. The summed E-state index contributed by atoms with van der Waals surface area (Å²) in [5.74, 6) is -0.837. The Morgan fingerprint density at radius 2 is 2.20 bits per heavy atom. The van der Waals surface area contributed by atoms with E-state index in [1.165, 1.54) is 23.3 Å². The van der Waals surface area contributed by atoms with Crippen LogP contribution < -0.4 is 0 Å². The van der Waals surface area contributed by atoms with Gasteiger partial charge in [-0.15, -0.1) is 11.3 Å². The number of nitriles is 1. The number of pyridine rings is 1. The summed E-state index contributed by atoms with van der Waals surface area (Å²) in [4.78, 5) is 18.5. The Kier molecular flexibility index (Phi) is 6.45. The predicted octanol–water partition coefficient (Wildman–Crippen LogP) is 3.44. The van der Waals surface area contributed by atoms with Crippen LogP contribution in [-0.2, 0) is 20.8 Å².